The lowest BCUT2D eigenvalue weighted by molar-refractivity contribution is -0.125. The van der Waals surface area contributed by atoms with Gasteiger partial charge in [0.25, 0.3) is 11.8 Å². The van der Waals surface area contributed by atoms with Crippen LogP contribution in [0.2, 0.25) is 0 Å². The average molecular weight is 611 g/mol. The fourth-order valence-corrected chi connectivity index (χ4v) is 4.83. The van der Waals surface area contributed by atoms with Crippen LogP contribution in [-0.4, -0.2) is 33.8 Å². The molecule has 0 aliphatic carbocycles. The average Bonchev–Trinajstić information content (AvgIpc) is 3.02. The van der Waals surface area contributed by atoms with E-state index < -0.39 is 11.8 Å². The standard InChI is InChI=1S/C34H50N4O6/c1-4-6-17-25-19-14-21-27(30(25)40)33(43)37-35-29(39)23-13-11-9-8-10-12-16-24(3)32(42)36-38-34(44)28-22-15-20-26(31(28)41)18-7-5-2/h14-15,19-22,24,40-41H,4-13,16-18,23H2,1-3H3,(H,35,39)(H,36,42)(H,37,43)(H,38,44). The van der Waals surface area contributed by atoms with Crippen LogP contribution in [0.5, 0.6) is 11.5 Å². The largest absolute Gasteiger partial charge is 0.507 e. The van der Waals surface area contributed by atoms with Crippen molar-refractivity contribution < 1.29 is 29.4 Å². The zero-order valence-electron chi connectivity index (χ0n) is 26.5. The number of nitrogens with one attached hydrogen (secondary N) is 4. The summed E-state index contributed by atoms with van der Waals surface area (Å²) in [6, 6.07) is 10.1. The first-order valence-corrected chi connectivity index (χ1v) is 16.0. The third-order valence-electron chi connectivity index (χ3n) is 7.68. The number of hydrogen-bond donors (Lipinski definition) is 6. The predicted molar refractivity (Wildman–Crippen MR) is 171 cm³/mol. The summed E-state index contributed by atoms with van der Waals surface area (Å²) in [5, 5.41) is 20.8. The van der Waals surface area contributed by atoms with Crippen molar-refractivity contribution in [3.63, 3.8) is 0 Å². The summed E-state index contributed by atoms with van der Waals surface area (Å²) in [7, 11) is 0. The Bertz CT molecular complexity index is 1230. The summed E-state index contributed by atoms with van der Waals surface area (Å²) >= 11 is 0. The molecule has 2 rings (SSSR count). The van der Waals surface area contributed by atoms with Crippen molar-refractivity contribution in [1.29, 1.82) is 0 Å². The molecule has 44 heavy (non-hydrogen) atoms. The minimum Gasteiger partial charge on any atom is -0.507 e. The molecule has 6 N–H and O–H groups in total. The highest BCUT2D eigenvalue weighted by molar-refractivity contribution is 5.98. The molecule has 2 aromatic carbocycles. The van der Waals surface area contributed by atoms with Crippen molar-refractivity contribution in [3.05, 3.63) is 58.7 Å². The van der Waals surface area contributed by atoms with Crippen molar-refractivity contribution in [2.75, 3.05) is 0 Å². The fourth-order valence-electron chi connectivity index (χ4n) is 4.83. The second-order valence-electron chi connectivity index (χ2n) is 11.3. The number of carbonyl (C=O) groups is 4. The summed E-state index contributed by atoms with van der Waals surface area (Å²) in [4.78, 5) is 49.4. The van der Waals surface area contributed by atoms with Crippen molar-refractivity contribution in [2.24, 2.45) is 5.92 Å². The molecule has 242 valence electrons. The molecule has 0 fully saturated rings. The van der Waals surface area contributed by atoms with E-state index in [2.05, 4.69) is 35.6 Å². The van der Waals surface area contributed by atoms with Gasteiger partial charge in [-0.15, -0.1) is 0 Å². The zero-order chi connectivity index (χ0) is 32.3. The van der Waals surface area contributed by atoms with E-state index in [9.17, 15) is 29.4 Å². The van der Waals surface area contributed by atoms with Crippen LogP contribution in [0.25, 0.3) is 0 Å². The first-order valence-electron chi connectivity index (χ1n) is 16.0. The van der Waals surface area contributed by atoms with Crippen LogP contribution in [0.15, 0.2) is 36.4 Å². The van der Waals surface area contributed by atoms with Gasteiger partial charge in [0, 0.05) is 12.3 Å². The van der Waals surface area contributed by atoms with Crippen LogP contribution in [-0.2, 0) is 22.4 Å². The number of aromatic hydroxyl groups is 2. The summed E-state index contributed by atoms with van der Waals surface area (Å²) in [5.41, 5.74) is 11.4. The van der Waals surface area contributed by atoms with Crippen molar-refractivity contribution in [1.82, 2.24) is 21.7 Å². The van der Waals surface area contributed by atoms with Gasteiger partial charge >= 0.3 is 0 Å². The van der Waals surface area contributed by atoms with Gasteiger partial charge in [0.05, 0.1) is 11.1 Å². The van der Waals surface area contributed by atoms with E-state index in [1.807, 2.05) is 6.92 Å². The number of amides is 4. The Morgan fingerprint density at radius 2 is 1.11 bits per heavy atom. The number of unbranched alkanes of at least 4 members (excludes halogenated alkanes) is 7. The molecule has 0 aliphatic rings. The number of phenols is 2. The molecule has 1 unspecified atom stereocenters. The van der Waals surface area contributed by atoms with Gasteiger partial charge in [-0.1, -0.05) is 90.0 Å². The second kappa shape index (κ2) is 20.0. The number of hydrazine groups is 2. The highest BCUT2D eigenvalue weighted by Crippen LogP contribution is 2.25. The number of rotatable bonds is 18. The van der Waals surface area contributed by atoms with Gasteiger partial charge in [0.1, 0.15) is 11.5 Å². The SMILES string of the molecule is CCCCc1cccc(C(=O)NNC(=O)CCCCCCCCC(C)C(=O)NNC(=O)c2cccc(CCCC)c2O)c1O. The Kier molecular flexibility index (Phi) is 16.4. The Balaban J connectivity index is 1.56. The van der Waals surface area contributed by atoms with E-state index in [1.54, 1.807) is 24.3 Å². The zero-order valence-corrected chi connectivity index (χ0v) is 26.5. The second-order valence-corrected chi connectivity index (χ2v) is 11.3. The molecule has 0 saturated heterocycles. The van der Waals surface area contributed by atoms with Crippen LogP contribution in [0.4, 0.5) is 0 Å². The van der Waals surface area contributed by atoms with Crippen LogP contribution in [0, 0.1) is 5.92 Å². The predicted octanol–water partition coefficient (Wildman–Crippen LogP) is 5.76. The van der Waals surface area contributed by atoms with Crippen LogP contribution < -0.4 is 21.7 Å². The highest BCUT2D eigenvalue weighted by Gasteiger charge is 2.18. The molecule has 0 heterocycles. The van der Waals surface area contributed by atoms with E-state index in [1.165, 1.54) is 12.1 Å². The van der Waals surface area contributed by atoms with Gasteiger partial charge in [-0.25, -0.2) is 0 Å². The Morgan fingerprint density at radius 1 is 0.636 bits per heavy atom. The monoisotopic (exact) mass is 610 g/mol. The van der Waals surface area contributed by atoms with E-state index >= 15 is 0 Å². The van der Waals surface area contributed by atoms with Gasteiger partial charge in [-0.3, -0.25) is 40.9 Å². The van der Waals surface area contributed by atoms with Crippen molar-refractivity contribution >= 4 is 23.6 Å². The van der Waals surface area contributed by atoms with Crippen molar-refractivity contribution in [2.45, 2.75) is 111 Å². The lowest BCUT2D eigenvalue weighted by Gasteiger charge is -2.14. The molecule has 2 aromatic rings. The summed E-state index contributed by atoms with van der Waals surface area (Å²) in [6.07, 6.45) is 11.4. The molecular weight excluding hydrogens is 560 g/mol. The van der Waals surface area contributed by atoms with Gasteiger partial charge in [-0.2, -0.15) is 0 Å². The van der Waals surface area contributed by atoms with Crippen molar-refractivity contribution in [3.8, 4) is 11.5 Å². The minimum absolute atomic E-state index is 0.0464. The van der Waals surface area contributed by atoms with Crippen LogP contribution >= 0.6 is 0 Å². The van der Waals surface area contributed by atoms with E-state index in [0.717, 1.165) is 57.8 Å². The summed E-state index contributed by atoms with van der Waals surface area (Å²) < 4.78 is 0. The topological polar surface area (TPSA) is 157 Å². The molecule has 10 nitrogen and oxygen atoms in total. The number of hydrogen-bond acceptors (Lipinski definition) is 6. The maximum Gasteiger partial charge on any atom is 0.273 e. The number of aryl methyl sites for hydroxylation is 2. The minimum atomic E-state index is -0.552. The molecule has 4 amide bonds. The highest BCUT2D eigenvalue weighted by atomic mass is 16.3. The maximum absolute atomic E-state index is 12.5. The normalized spacial score (nSPS) is 11.4. The molecule has 0 aliphatic heterocycles. The quantitative estimate of drug-likeness (QED) is 0.0930. The lowest BCUT2D eigenvalue weighted by atomic mass is 10.0. The molecule has 0 bridgehead atoms. The Labute approximate surface area is 261 Å². The van der Waals surface area contributed by atoms with Gasteiger partial charge < -0.3 is 10.2 Å². The number of benzene rings is 2. The molecule has 0 spiro atoms. The number of phenolic OH excluding ortho intramolecular Hbond substituents is 2. The van der Waals surface area contributed by atoms with Gasteiger partial charge in [0.2, 0.25) is 11.8 Å². The Morgan fingerprint density at radius 3 is 1.64 bits per heavy atom. The van der Waals surface area contributed by atoms with Gasteiger partial charge in [0.15, 0.2) is 0 Å². The summed E-state index contributed by atoms with van der Waals surface area (Å²) in [5.74, 6) is -2.04. The maximum atomic E-state index is 12.5. The van der Waals surface area contributed by atoms with E-state index in [0.29, 0.717) is 36.8 Å². The smallest absolute Gasteiger partial charge is 0.273 e. The third kappa shape index (κ3) is 12.3. The number of para-hydroxylation sites is 2. The van der Waals surface area contributed by atoms with Crippen LogP contribution in [0.1, 0.15) is 130 Å². The molecule has 0 saturated carbocycles. The molecule has 10 heteroatoms. The van der Waals surface area contributed by atoms with Crippen LogP contribution in [0.3, 0.4) is 0 Å². The lowest BCUT2D eigenvalue weighted by Crippen LogP contribution is -2.44. The first-order chi connectivity index (χ1) is 21.2. The fraction of sp³-hybridized carbons (Fsp3) is 0.529. The third-order valence-corrected chi connectivity index (χ3v) is 7.68. The molecule has 1 atom stereocenters. The molecule has 0 radical (unpaired) electrons. The molecule has 0 aromatic heterocycles. The van der Waals surface area contributed by atoms with E-state index in [-0.39, 0.29) is 46.8 Å². The van der Waals surface area contributed by atoms with E-state index in [4.69, 9.17) is 0 Å². The molecular formula is C34H50N4O6. The Hall–Kier alpha value is -4.08. The number of carbonyl (C=O) groups excluding carboxylic acids is 4. The first kappa shape index (κ1) is 36.1. The van der Waals surface area contributed by atoms with Gasteiger partial charge in [-0.05, 0) is 61.8 Å². The summed E-state index contributed by atoms with van der Waals surface area (Å²) in [6.45, 7) is 5.93.